The van der Waals surface area contributed by atoms with Gasteiger partial charge in [0.1, 0.15) is 5.15 Å². The third kappa shape index (κ3) is 3.73. The Morgan fingerprint density at radius 3 is 2.24 bits per heavy atom. The van der Waals surface area contributed by atoms with Gasteiger partial charge >= 0.3 is 0 Å². The van der Waals surface area contributed by atoms with Crippen molar-refractivity contribution in [2.24, 2.45) is 0 Å². The summed E-state index contributed by atoms with van der Waals surface area (Å²) in [6.45, 7) is 4.92. The highest BCUT2D eigenvalue weighted by Crippen LogP contribution is 2.36. The van der Waals surface area contributed by atoms with Crippen LogP contribution in [-0.2, 0) is 0 Å². The van der Waals surface area contributed by atoms with Gasteiger partial charge in [-0.25, -0.2) is 4.98 Å². The molecule has 1 aromatic heterocycles. The van der Waals surface area contributed by atoms with E-state index in [1.807, 2.05) is 32.0 Å². The van der Waals surface area contributed by atoms with Gasteiger partial charge in [-0.3, -0.25) is 0 Å². The van der Waals surface area contributed by atoms with Crippen LogP contribution >= 0.6 is 34.8 Å². The fourth-order valence-corrected chi connectivity index (χ4v) is 2.45. The molecule has 0 unspecified atom stereocenters. The quantitative estimate of drug-likeness (QED) is 0.669. The second-order valence-electron chi connectivity index (χ2n) is 4.12. The van der Waals surface area contributed by atoms with Gasteiger partial charge in [-0.15, -0.1) is 0 Å². The van der Waals surface area contributed by atoms with E-state index in [4.69, 9.17) is 44.3 Å². The number of halogens is 3. The van der Waals surface area contributed by atoms with Crippen molar-refractivity contribution in [1.82, 2.24) is 4.98 Å². The van der Waals surface area contributed by atoms with Crippen LogP contribution in [0.1, 0.15) is 13.8 Å². The average Bonchev–Trinajstić information content (AvgIpc) is 2.45. The lowest BCUT2D eigenvalue weighted by atomic mass is 10.1. The van der Waals surface area contributed by atoms with Gasteiger partial charge < -0.3 is 9.47 Å². The van der Waals surface area contributed by atoms with Crippen molar-refractivity contribution >= 4 is 34.8 Å². The van der Waals surface area contributed by atoms with Crippen molar-refractivity contribution in [1.29, 1.82) is 0 Å². The summed E-state index contributed by atoms with van der Waals surface area (Å²) < 4.78 is 11.1. The molecule has 3 nitrogen and oxygen atoms in total. The summed E-state index contributed by atoms with van der Waals surface area (Å²) in [5.74, 6) is 1.32. The summed E-state index contributed by atoms with van der Waals surface area (Å²) in [5.41, 5.74) is 1.33. The summed E-state index contributed by atoms with van der Waals surface area (Å²) in [6.07, 6.45) is 0. The number of nitrogens with zero attached hydrogens (tertiary/aromatic N) is 1. The van der Waals surface area contributed by atoms with E-state index in [1.54, 1.807) is 6.07 Å². The summed E-state index contributed by atoms with van der Waals surface area (Å²) in [4.78, 5) is 4.22. The van der Waals surface area contributed by atoms with Gasteiger partial charge in [0.15, 0.2) is 11.5 Å². The van der Waals surface area contributed by atoms with Crippen LogP contribution in [-0.4, -0.2) is 18.2 Å². The number of hydrogen-bond acceptors (Lipinski definition) is 3. The molecule has 2 aromatic rings. The Morgan fingerprint density at radius 2 is 1.57 bits per heavy atom. The standard InChI is InChI=1S/C15H14Cl3NO2/c1-3-20-12-6-5-9(7-13(12)21-4-2)14-10(16)8-11(17)15(18)19-14/h5-8H,3-4H2,1-2H3. The Morgan fingerprint density at radius 1 is 0.905 bits per heavy atom. The van der Waals surface area contributed by atoms with Crippen molar-refractivity contribution in [3.8, 4) is 22.8 Å². The maximum atomic E-state index is 6.19. The van der Waals surface area contributed by atoms with Crippen molar-refractivity contribution < 1.29 is 9.47 Å². The van der Waals surface area contributed by atoms with Gasteiger partial charge in [-0.2, -0.15) is 0 Å². The van der Waals surface area contributed by atoms with Gasteiger partial charge in [-0.05, 0) is 38.1 Å². The number of benzene rings is 1. The zero-order valence-electron chi connectivity index (χ0n) is 11.6. The molecule has 0 aliphatic rings. The molecular weight excluding hydrogens is 333 g/mol. The molecule has 0 amide bonds. The van der Waals surface area contributed by atoms with Gasteiger partial charge in [0.25, 0.3) is 0 Å². The Bertz CT molecular complexity index is 647. The molecular formula is C15H14Cl3NO2. The first-order valence-electron chi connectivity index (χ1n) is 6.48. The Kier molecular flexibility index (Phi) is 5.57. The fraction of sp³-hybridized carbons (Fsp3) is 0.267. The van der Waals surface area contributed by atoms with E-state index < -0.39 is 0 Å². The van der Waals surface area contributed by atoms with Crippen molar-refractivity contribution in [2.75, 3.05) is 13.2 Å². The van der Waals surface area contributed by atoms with Crippen LogP contribution in [0.25, 0.3) is 11.3 Å². The minimum Gasteiger partial charge on any atom is -0.490 e. The summed E-state index contributed by atoms with van der Waals surface area (Å²) in [6, 6.07) is 7.08. The van der Waals surface area contributed by atoms with E-state index in [9.17, 15) is 0 Å². The Labute approximate surface area is 138 Å². The highest BCUT2D eigenvalue weighted by molar-refractivity contribution is 6.42. The van der Waals surface area contributed by atoms with E-state index in [0.717, 1.165) is 5.56 Å². The molecule has 6 heteroatoms. The lowest BCUT2D eigenvalue weighted by Crippen LogP contribution is -1.99. The van der Waals surface area contributed by atoms with E-state index in [2.05, 4.69) is 4.98 Å². The van der Waals surface area contributed by atoms with Crippen LogP contribution in [0.5, 0.6) is 11.5 Å². The SMILES string of the molecule is CCOc1ccc(-c2nc(Cl)c(Cl)cc2Cl)cc1OCC. The van der Waals surface area contributed by atoms with Crippen LogP contribution in [0.3, 0.4) is 0 Å². The lowest BCUT2D eigenvalue weighted by molar-refractivity contribution is 0.288. The second kappa shape index (κ2) is 7.21. The first-order chi connectivity index (χ1) is 10.1. The molecule has 2 rings (SSSR count). The summed E-state index contributed by atoms with van der Waals surface area (Å²) >= 11 is 18.0. The van der Waals surface area contributed by atoms with Crippen molar-refractivity contribution in [2.45, 2.75) is 13.8 Å². The van der Waals surface area contributed by atoms with Crippen LogP contribution in [0.4, 0.5) is 0 Å². The first kappa shape index (κ1) is 16.2. The Hall–Kier alpha value is -1.16. The van der Waals surface area contributed by atoms with E-state index in [-0.39, 0.29) is 5.15 Å². The maximum absolute atomic E-state index is 6.19. The topological polar surface area (TPSA) is 31.4 Å². The molecule has 112 valence electrons. The van der Waals surface area contributed by atoms with E-state index in [1.165, 1.54) is 0 Å². The number of ether oxygens (including phenoxy) is 2. The minimum atomic E-state index is 0.211. The van der Waals surface area contributed by atoms with Crippen LogP contribution in [0.2, 0.25) is 15.2 Å². The third-order valence-electron chi connectivity index (χ3n) is 2.70. The molecule has 0 fully saturated rings. The van der Waals surface area contributed by atoms with Gasteiger partial charge in [0.05, 0.1) is 29.0 Å². The predicted octanol–water partition coefficient (Wildman–Crippen LogP) is 5.51. The molecule has 0 aliphatic heterocycles. The molecule has 0 aliphatic carbocycles. The molecule has 1 heterocycles. The first-order valence-corrected chi connectivity index (χ1v) is 7.61. The largest absolute Gasteiger partial charge is 0.490 e. The Balaban J connectivity index is 2.49. The van der Waals surface area contributed by atoms with E-state index in [0.29, 0.717) is 40.5 Å². The average molecular weight is 347 g/mol. The monoisotopic (exact) mass is 345 g/mol. The summed E-state index contributed by atoms with van der Waals surface area (Å²) in [5, 5.41) is 0.959. The molecule has 0 radical (unpaired) electrons. The maximum Gasteiger partial charge on any atom is 0.161 e. The number of aromatic nitrogens is 1. The summed E-state index contributed by atoms with van der Waals surface area (Å²) in [7, 11) is 0. The van der Waals surface area contributed by atoms with Crippen molar-refractivity contribution in [3.63, 3.8) is 0 Å². The van der Waals surface area contributed by atoms with Crippen LogP contribution in [0, 0.1) is 0 Å². The number of pyridine rings is 1. The highest BCUT2D eigenvalue weighted by Gasteiger charge is 2.13. The molecule has 0 spiro atoms. The lowest BCUT2D eigenvalue weighted by Gasteiger charge is -2.13. The normalized spacial score (nSPS) is 10.5. The predicted molar refractivity (Wildman–Crippen MR) is 87.0 cm³/mol. The van der Waals surface area contributed by atoms with Gasteiger partial charge in [0, 0.05) is 5.56 Å². The van der Waals surface area contributed by atoms with Crippen LogP contribution in [0.15, 0.2) is 24.3 Å². The molecule has 21 heavy (non-hydrogen) atoms. The van der Waals surface area contributed by atoms with Crippen LogP contribution < -0.4 is 9.47 Å². The molecule has 0 saturated carbocycles. The molecule has 0 N–H and O–H groups in total. The zero-order chi connectivity index (χ0) is 15.4. The van der Waals surface area contributed by atoms with Gasteiger partial charge in [-0.1, -0.05) is 34.8 Å². The van der Waals surface area contributed by atoms with Crippen molar-refractivity contribution in [3.05, 3.63) is 39.5 Å². The molecule has 0 saturated heterocycles. The zero-order valence-corrected chi connectivity index (χ0v) is 13.9. The highest BCUT2D eigenvalue weighted by atomic mass is 35.5. The molecule has 0 atom stereocenters. The molecule has 0 bridgehead atoms. The third-order valence-corrected chi connectivity index (χ3v) is 3.66. The number of hydrogen-bond donors (Lipinski definition) is 0. The smallest absolute Gasteiger partial charge is 0.161 e. The molecule has 1 aromatic carbocycles. The fourth-order valence-electron chi connectivity index (χ4n) is 1.84. The van der Waals surface area contributed by atoms with Gasteiger partial charge in [0.2, 0.25) is 0 Å². The minimum absolute atomic E-state index is 0.211. The number of rotatable bonds is 5. The second-order valence-corrected chi connectivity index (χ2v) is 5.29. The van der Waals surface area contributed by atoms with E-state index >= 15 is 0 Å².